The number of nitrogens with one attached hydrogen (secondary N) is 2. The second-order valence-corrected chi connectivity index (χ2v) is 9.69. The Morgan fingerprint density at radius 1 is 1.05 bits per heavy atom. The van der Waals surface area contributed by atoms with Crippen LogP contribution >= 0.6 is 0 Å². The van der Waals surface area contributed by atoms with E-state index in [-0.39, 0.29) is 38.6 Å². The first kappa shape index (κ1) is 24.1. The van der Waals surface area contributed by atoms with Gasteiger partial charge in [0, 0.05) is 45.3 Å². The van der Waals surface area contributed by atoms with Crippen LogP contribution in [-0.4, -0.2) is 68.3 Å². The number of halogens is 1. The molecule has 2 bridgehead atoms. The molecule has 198 valence electrons. The number of aromatic nitrogens is 4. The minimum Gasteiger partial charge on any atom is -0.378 e. The number of hydrogen-bond acceptors (Lipinski definition) is 7. The lowest BCUT2D eigenvalue weighted by Crippen LogP contribution is -2.48. The van der Waals surface area contributed by atoms with Crippen molar-refractivity contribution in [3.63, 3.8) is 0 Å². The number of carbonyl (C=O) groups excluding carboxylic acids is 2. The van der Waals surface area contributed by atoms with Crippen molar-refractivity contribution in [3.8, 4) is 11.1 Å². The smallest absolute Gasteiger partial charge is 0.257 e. The molecule has 0 saturated carbocycles. The lowest BCUT2D eigenvalue weighted by atomic mass is 10.1. The zero-order valence-electron chi connectivity index (χ0n) is 20.7. The number of benzene rings is 1. The molecule has 10 nitrogen and oxygen atoms in total. The number of hydrogen-bond donors (Lipinski definition) is 2. The summed E-state index contributed by atoms with van der Waals surface area (Å²) < 4.78 is 21.8. The molecule has 6 rings (SSSR count). The first-order valence-corrected chi connectivity index (χ1v) is 12.4. The third kappa shape index (κ3) is 4.85. The van der Waals surface area contributed by atoms with E-state index in [1.165, 1.54) is 18.5 Å². The van der Waals surface area contributed by atoms with Gasteiger partial charge in [-0.1, -0.05) is 6.07 Å². The van der Waals surface area contributed by atoms with Crippen LogP contribution < -0.4 is 10.6 Å². The quantitative estimate of drug-likeness (QED) is 0.373. The topological polar surface area (TPSA) is 114 Å². The number of rotatable bonds is 6. The number of carbonyl (C=O) groups is 2. The van der Waals surface area contributed by atoms with Crippen LogP contribution in [0, 0.1) is 5.95 Å². The zero-order valence-corrected chi connectivity index (χ0v) is 20.7. The van der Waals surface area contributed by atoms with E-state index in [1.54, 1.807) is 16.9 Å². The molecule has 2 saturated heterocycles. The minimum absolute atomic E-state index is 0. The highest BCUT2D eigenvalue weighted by atomic mass is 19.1. The summed E-state index contributed by atoms with van der Waals surface area (Å²) in [6.07, 6.45) is 8.36. The Bertz CT molecular complexity index is 1530. The molecule has 0 spiro atoms. The predicted molar refractivity (Wildman–Crippen MR) is 143 cm³/mol. The van der Waals surface area contributed by atoms with E-state index in [2.05, 4.69) is 30.6 Å². The van der Waals surface area contributed by atoms with Crippen molar-refractivity contribution in [2.75, 3.05) is 30.4 Å². The van der Waals surface area contributed by atoms with E-state index in [9.17, 15) is 14.0 Å². The summed E-state index contributed by atoms with van der Waals surface area (Å²) in [5.74, 6) is -1.62. The highest BCUT2D eigenvalue weighted by Gasteiger charge is 2.38. The minimum atomic E-state index is -0.852. The molecule has 2 unspecified atom stereocenters. The van der Waals surface area contributed by atoms with Gasteiger partial charge in [-0.3, -0.25) is 24.2 Å². The molecule has 0 aliphatic carbocycles. The first-order valence-electron chi connectivity index (χ1n) is 12.4. The van der Waals surface area contributed by atoms with E-state index < -0.39 is 11.9 Å². The number of morpholine rings is 1. The van der Waals surface area contributed by atoms with Crippen molar-refractivity contribution < 1.29 is 21.6 Å². The summed E-state index contributed by atoms with van der Waals surface area (Å²) in [4.78, 5) is 35.9. The Morgan fingerprint density at radius 2 is 1.87 bits per heavy atom. The number of aryl methyl sites for hydroxylation is 1. The number of amides is 2. The third-order valence-electron chi connectivity index (χ3n) is 7.07. The van der Waals surface area contributed by atoms with E-state index in [4.69, 9.17) is 4.74 Å². The van der Waals surface area contributed by atoms with Gasteiger partial charge in [-0.2, -0.15) is 9.49 Å². The van der Waals surface area contributed by atoms with E-state index in [0.29, 0.717) is 18.9 Å². The average molecular weight is 520 g/mol. The second kappa shape index (κ2) is 9.92. The van der Waals surface area contributed by atoms with Crippen molar-refractivity contribution >= 4 is 34.1 Å². The van der Waals surface area contributed by atoms with Crippen LogP contribution in [0.25, 0.3) is 22.0 Å². The highest BCUT2D eigenvalue weighted by Crippen LogP contribution is 2.29. The maximum absolute atomic E-state index is 14.5. The molecule has 2 amide bonds. The van der Waals surface area contributed by atoms with Crippen LogP contribution in [-0.2, 0) is 16.6 Å². The van der Waals surface area contributed by atoms with Crippen LogP contribution in [0.15, 0.2) is 55.1 Å². The number of fused-ring (bicyclic) bond motifs is 3. The standard InChI is InChI=1S/C27H26FN7O3.2H2/c1-34-12-19(10-31-34)16-2-5-23-17(6-16)7-18(9-29-23)27(37)33-24-8-20(11-30-26(24)28)32-25(36)13-35-21-3-4-22(35)15-38-14-21;;/h2,5-12,21-22H,3-4,13-15H2,1H3,(H,32,36)(H,33,37);2*1H. The Hall–Kier alpha value is -4.22. The summed E-state index contributed by atoms with van der Waals surface area (Å²) in [6, 6.07) is 9.29. The Labute approximate surface area is 220 Å². The lowest BCUT2D eigenvalue weighted by molar-refractivity contribution is -0.120. The number of pyridine rings is 2. The molecule has 2 aliphatic rings. The fourth-order valence-corrected chi connectivity index (χ4v) is 5.14. The van der Waals surface area contributed by atoms with Gasteiger partial charge in [0.25, 0.3) is 5.91 Å². The molecule has 2 N–H and O–H groups in total. The third-order valence-corrected chi connectivity index (χ3v) is 7.07. The molecule has 4 aromatic rings. The molecule has 3 aromatic heterocycles. The summed E-state index contributed by atoms with van der Waals surface area (Å²) >= 11 is 0. The summed E-state index contributed by atoms with van der Waals surface area (Å²) in [5.41, 5.74) is 3.03. The van der Waals surface area contributed by atoms with Gasteiger partial charge < -0.3 is 15.4 Å². The maximum atomic E-state index is 14.5. The van der Waals surface area contributed by atoms with Crippen molar-refractivity contribution in [2.45, 2.75) is 24.9 Å². The molecular formula is C27H30FN7O3. The molecule has 5 heterocycles. The van der Waals surface area contributed by atoms with Gasteiger partial charge in [0.1, 0.15) is 0 Å². The van der Waals surface area contributed by atoms with Crippen molar-refractivity contribution in [1.29, 1.82) is 0 Å². The lowest BCUT2D eigenvalue weighted by Gasteiger charge is -2.33. The van der Waals surface area contributed by atoms with Crippen molar-refractivity contribution in [3.05, 3.63) is 66.6 Å². The van der Waals surface area contributed by atoms with Crippen molar-refractivity contribution in [2.24, 2.45) is 7.05 Å². The van der Waals surface area contributed by atoms with E-state index in [1.807, 2.05) is 31.4 Å². The number of nitrogens with zero attached hydrogens (tertiary/aromatic N) is 5. The summed E-state index contributed by atoms with van der Waals surface area (Å²) in [5, 5.41) is 10.3. The van der Waals surface area contributed by atoms with Gasteiger partial charge in [-0.05, 0) is 42.7 Å². The molecule has 2 atom stereocenters. The normalized spacial score (nSPS) is 19.0. The van der Waals surface area contributed by atoms with Crippen LogP contribution in [0.4, 0.5) is 15.8 Å². The van der Waals surface area contributed by atoms with Gasteiger partial charge in [0.05, 0.1) is 54.6 Å². The average Bonchev–Trinajstić information content (AvgIpc) is 3.42. The second-order valence-electron chi connectivity index (χ2n) is 9.69. The molecular weight excluding hydrogens is 489 g/mol. The fraction of sp³-hybridized carbons (Fsp3) is 0.296. The molecule has 38 heavy (non-hydrogen) atoms. The predicted octanol–water partition coefficient (Wildman–Crippen LogP) is 3.72. The zero-order chi connectivity index (χ0) is 26.2. The molecule has 2 aliphatic heterocycles. The Kier molecular flexibility index (Phi) is 6.30. The highest BCUT2D eigenvalue weighted by molar-refractivity contribution is 6.06. The summed E-state index contributed by atoms with van der Waals surface area (Å²) in [6.45, 7) is 1.49. The van der Waals surface area contributed by atoms with Gasteiger partial charge in [0.2, 0.25) is 11.9 Å². The van der Waals surface area contributed by atoms with Crippen LogP contribution in [0.2, 0.25) is 0 Å². The van der Waals surface area contributed by atoms with Gasteiger partial charge in [0.15, 0.2) is 0 Å². The van der Waals surface area contributed by atoms with Crippen LogP contribution in [0.1, 0.15) is 26.1 Å². The van der Waals surface area contributed by atoms with Gasteiger partial charge in [-0.15, -0.1) is 0 Å². The fourth-order valence-electron chi connectivity index (χ4n) is 5.14. The van der Waals surface area contributed by atoms with E-state index >= 15 is 0 Å². The number of anilines is 2. The van der Waals surface area contributed by atoms with Crippen LogP contribution in [0.5, 0.6) is 0 Å². The van der Waals surface area contributed by atoms with Gasteiger partial charge >= 0.3 is 0 Å². The first-order chi connectivity index (χ1) is 18.4. The largest absolute Gasteiger partial charge is 0.378 e. The van der Waals surface area contributed by atoms with Crippen molar-refractivity contribution in [1.82, 2.24) is 24.6 Å². The van der Waals surface area contributed by atoms with E-state index in [0.717, 1.165) is 34.9 Å². The Balaban J connectivity index is 0.00000185. The summed E-state index contributed by atoms with van der Waals surface area (Å²) in [7, 11) is 1.84. The number of ether oxygens (including phenoxy) is 1. The molecule has 2 fully saturated rings. The molecule has 11 heteroatoms. The monoisotopic (exact) mass is 519 g/mol. The molecule has 0 radical (unpaired) electrons. The van der Waals surface area contributed by atoms with Crippen LogP contribution in [0.3, 0.4) is 0 Å². The molecule has 1 aromatic carbocycles. The Morgan fingerprint density at radius 3 is 2.63 bits per heavy atom. The SMILES string of the molecule is Cn1cc(-c2ccc3ncc(C(=O)Nc4cc(NC(=O)CN5C6CCC5COC6)cnc4F)cc3c2)cn1.[HH].[HH]. The van der Waals surface area contributed by atoms with Gasteiger partial charge in [-0.25, -0.2) is 4.98 Å². The maximum Gasteiger partial charge on any atom is 0.257 e.